The summed E-state index contributed by atoms with van der Waals surface area (Å²) in [4.78, 5) is 10.2. The predicted molar refractivity (Wildman–Crippen MR) is 115 cm³/mol. The van der Waals surface area contributed by atoms with Crippen LogP contribution in [0.3, 0.4) is 0 Å². The lowest BCUT2D eigenvalue weighted by molar-refractivity contribution is 0.0713. The van der Waals surface area contributed by atoms with Gasteiger partial charge in [-0.2, -0.15) is 25.5 Å². The lowest BCUT2D eigenvalue weighted by Gasteiger charge is -2.42. The molecular formula is C23H18N8. The van der Waals surface area contributed by atoms with Gasteiger partial charge in [0.1, 0.15) is 11.5 Å². The van der Waals surface area contributed by atoms with Crippen LogP contribution >= 0.6 is 0 Å². The van der Waals surface area contributed by atoms with Gasteiger partial charge in [-0.05, 0) is 54.3 Å². The Morgan fingerprint density at radius 1 is 1.10 bits per heavy atom. The van der Waals surface area contributed by atoms with Crippen molar-refractivity contribution >= 4 is 16.7 Å². The minimum absolute atomic E-state index is 0.0618. The zero-order valence-corrected chi connectivity index (χ0v) is 16.6. The molecule has 1 saturated carbocycles. The van der Waals surface area contributed by atoms with Crippen molar-refractivity contribution in [2.45, 2.75) is 24.8 Å². The molecule has 0 aliphatic heterocycles. The monoisotopic (exact) mass is 406 g/mol. The second kappa shape index (κ2) is 7.19. The third-order valence-corrected chi connectivity index (χ3v) is 5.87. The number of nitrogen functional groups attached to an aromatic ring is 1. The highest BCUT2D eigenvalue weighted by molar-refractivity contribution is 5.97. The van der Waals surface area contributed by atoms with Crippen molar-refractivity contribution in [1.29, 1.82) is 10.5 Å². The van der Waals surface area contributed by atoms with E-state index in [9.17, 15) is 10.5 Å². The summed E-state index contributed by atoms with van der Waals surface area (Å²) in [5, 5.41) is 28.7. The Balaban J connectivity index is 1.63. The average Bonchev–Trinajstić information content (AvgIpc) is 3.25. The first-order valence-corrected chi connectivity index (χ1v) is 9.92. The van der Waals surface area contributed by atoms with E-state index >= 15 is 0 Å². The number of nitriles is 2. The first-order chi connectivity index (χ1) is 15.1. The number of hydrogen-bond acceptors (Lipinski definition) is 7. The van der Waals surface area contributed by atoms with Crippen LogP contribution in [0.1, 0.15) is 19.3 Å². The first-order valence-electron chi connectivity index (χ1n) is 9.92. The fourth-order valence-corrected chi connectivity index (χ4v) is 4.28. The van der Waals surface area contributed by atoms with Gasteiger partial charge in [0.05, 0.1) is 41.7 Å². The SMILES string of the molecule is N#CC[C@]1(n2ncc(-c3cc(-c4ccnc(N)c4)cc4ncccc34)n2)C[C@H](C#N)C1. The second-order valence-corrected chi connectivity index (χ2v) is 7.88. The summed E-state index contributed by atoms with van der Waals surface area (Å²) in [7, 11) is 0. The van der Waals surface area contributed by atoms with Crippen LogP contribution in [0.15, 0.2) is 55.0 Å². The summed E-state index contributed by atoms with van der Waals surface area (Å²) in [5.41, 5.74) is 9.67. The van der Waals surface area contributed by atoms with Gasteiger partial charge in [-0.15, -0.1) is 0 Å². The molecule has 0 saturated heterocycles. The third-order valence-electron chi connectivity index (χ3n) is 5.87. The van der Waals surface area contributed by atoms with E-state index in [4.69, 9.17) is 10.8 Å². The van der Waals surface area contributed by atoms with Gasteiger partial charge in [0.15, 0.2) is 0 Å². The Hall–Kier alpha value is -4.30. The molecule has 3 heterocycles. The fraction of sp³-hybridized carbons (Fsp3) is 0.217. The maximum absolute atomic E-state index is 9.31. The Bertz CT molecular complexity index is 1370. The van der Waals surface area contributed by atoms with Gasteiger partial charge < -0.3 is 5.73 Å². The molecule has 1 aliphatic rings. The molecule has 8 heteroatoms. The predicted octanol–water partition coefficient (Wildman–Crippen LogP) is 3.68. The number of aromatic nitrogens is 5. The van der Waals surface area contributed by atoms with Gasteiger partial charge in [0, 0.05) is 23.3 Å². The number of fused-ring (bicyclic) bond motifs is 1. The Labute approximate surface area is 178 Å². The molecule has 0 amide bonds. The summed E-state index contributed by atoms with van der Waals surface area (Å²) >= 11 is 0. The molecule has 1 aliphatic carbocycles. The van der Waals surface area contributed by atoms with Crippen LogP contribution in [0, 0.1) is 28.6 Å². The lowest BCUT2D eigenvalue weighted by Crippen LogP contribution is -2.47. The second-order valence-electron chi connectivity index (χ2n) is 7.88. The summed E-state index contributed by atoms with van der Waals surface area (Å²) in [6.07, 6.45) is 6.60. The van der Waals surface area contributed by atoms with Crippen LogP contribution in [0.5, 0.6) is 0 Å². The number of anilines is 1. The van der Waals surface area contributed by atoms with Crippen molar-refractivity contribution in [1.82, 2.24) is 25.0 Å². The Morgan fingerprint density at radius 3 is 2.74 bits per heavy atom. The van der Waals surface area contributed by atoms with Crippen molar-refractivity contribution in [3.8, 4) is 34.5 Å². The third kappa shape index (κ3) is 3.15. The van der Waals surface area contributed by atoms with Crippen LogP contribution in [0.4, 0.5) is 5.82 Å². The maximum Gasteiger partial charge on any atom is 0.123 e. The van der Waals surface area contributed by atoms with E-state index in [1.54, 1.807) is 23.4 Å². The summed E-state index contributed by atoms with van der Waals surface area (Å²) < 4.78 is 0. The number of rotatable bonds is 4. The molecule has 1 aromatic carbocycles. The van der Waals surface area contributed by atoms with Crippen LogP contribution < -0.4 is 5.73 Å². The largest absolute Gasteiger partial charge is 0.384 e. The van der Waals surface area contributed by atoms with E-state index in [1.807, 2.05) is 36.4 Å². The smallest absolute Gasteiger partial charge is 0.123 e. The quantitative estimate of drug-likeness (QED) is 0.547. The van der Waals surface area contributed by atoms with Crippen LogP contribution in [0.2, 0.25) is 0 Å². The van der Waals surface area contributed by atoms with E-state index in [2.05, 4.69) is 27.2 Å². The number of nitrogens with zero attached hydrogens (tertiary/aromatic N) is 7. The van der Waals surface area contributed by atoms with Gasteiger partial charge >= 0.3 is 0 Å². The van der Waals surface area contributed by atoms with Crippen molar-refractivity contribution in [2.75, 3.05) is 5.73 Å². The molecule has 0 bridgehead atoms. The molecule has 150 valence electrons. The normalized spacial score (nSPS) is 20.0. The van der Waals surface area contributed by atoms with E-state index in [0.717, 1.165) is 27.6 Å². The Kier molecular flexibility index (Phi) is 4.34. The zero-order chi connectivity index (χ0) is 21.4. The molecule has 5 rings (SSSR count). The molecular weight excluding hydrogens is 388 g/mol. The minimum atomic E-state index is -0.515. The van der Waals surface area contributed by atoms with Crippen LogP contribution in [-0.2, 0) is 5.54 Å². The van der Waals surface area contributed by atoms with E-state index < -0.39 is 5.54 Å². The van der Waals surface area contributed by atoms with Crippen LogP contribution in [0.25, 0.3) is 33.3 Å². The molecule has 8 nitrogen and oxygen atoms in total. The van der Waals surface area contributed by atoms with Crippen molar-refractivity contribution in [3.63, 3.8) is 0 Å². The zero-order valence-electron chi connectivity index (χ0n) is 16.6. The molecule has 1 fully saturated rings. The van der Waals surface area contributed by atoms with Gasteiger partial charge in [-0.25, -0.2) is 4.98 Å². The topological polar surface area (TPSA) is 130 Å². The standard InChI is InChI=1S/C23H18N8/c24-5-4-23(11-15(12-23)13-25)31-29-14-21(30-31)19-8-17(16-3-7-28-22(26)10-16)9-20-18(19)2-1-6-27-20/h1-3,6-10,14-15H,4,11-12H2,(H2,26,28)/t15-,23-. The highest BCUT2D eigenvalue weighted by atomic mass is 15.5. The highest BCUT2D eigenvalue weighted by Crippen LogP contribution is 2.45. The van der Waals surface area contributed by atoms with E-state index in [0.29, 0.717) is 24.4 Å². The molecule has 0 atom stereocenters. The van der Waals surface area contributed by atoms with Gasteiger partial charge in [0.25, 0.3) is 0 Å². The molecule has 3 aromatic heterocycles. The van der Waals surface area contributed by atoms with Crippen molar-refractivity contribution in [2.24, 2.45) is 5.92 Å². The summed E-state index contributed by atoms with van der Waals surface area (Å²) in [6, 6.07) is 16.2. The molecule has 0 spiro atoms. The van der Waals surface area contributed by atoms with E-state index in [-0.39, 0.29) is 12.3 Å². The molecule has 4 aromatic rings. The summed E-state index contributed by atoms with van der Waals surface area (Å²) in [6.45, 7) is 0. The van der Waals surface area contributed by atoms with Crippen molar-refractivity contribution in [3.05, 3.63) is 55.0 Å². The maximum atomic E-state index is 9.31. The number of hydrogen-bond donors (Lipinski definition) is 1. The number of benzene rings is 1. The van der Waals surface area contributed by atoms with Crippen molar-refractivity contribution < 1.29 is 0 Å². The highest BCUT2D eigenvalue weighted by Gasteiger charge is 2.48. The summed E-state index contributed by atoms with van der Waals surface area (Å²) in [5.74, 6) is 0.384. The molecule has 2 N–H and O–H groups in total. The number of nitrogens with two attached hydrogens (primary N) is 1. The minimum Gasteiger partial charge on any atom is -0.384 e. The fourth-order valence-electron chi connectivity index (χ4n) is 4.28. The van der Waals surface area contributed by atoms with Gasteiger partial charge in [-0.1, -0.05) is 6.07 Å². The molecule has 31 heavy (non-hydrogen) atoms. The Morgan fingerprint density at radius 2 is 1.97 bits per heavy atom. The average molecular weight is 406 g/mol. The number of pyridine rings is 2. The first kappa shape index (κ1) is 18.7. The van der Waals surface area contributed by atoms with E-state index in [1.165, 1.54) is 0 Å². The lowest BCUT2D eigenvalue weighted by atomic mass is 9.68. The van der Waals surface area contributed by atoms with Gasteiger partial charge in [-0.3, -0.25) is 4.98 Å². The molecule has 0 radical (unpaired) electrons. The van der Waals surface area contributed by atoms with Gasteiger partial charge in [0.2, 0.25) is 0 Å². The molecule has 0 unspecified atom stereocenters. The van der Waals surface area contributed by atoms with Crippen LogP contribution in [-0.4, -0.2) is 25.0 Å².